The van der Waals surface area contributed by atoms with Crippen molar-refractivity contribution in [1.82, 2.24) is 15.1 Å². The van der Waals surface area contributed by atoms with Gasteiger partial charge in [-0.25, -0.2) is 4.39 Å². The van der Waals surface area contributed by atoms with E-state index in [0.717, 1.165) is 11.3 Å². The molecule has 0 saturated carbocycles. The first-order valence-corrected chi connectivity index (χ1v) is 9.66. The van der Waals surface area contributed by atoms with Crippen molar-refractivity contribution in [3.63, 3.8) is 0 Å². The maximum absolute atomic E-state index is 13.8. The summed E-state index contributed by atoms with van der Waals surface area (Å²) in [5, 5.41) is 7.36. The van der Waals surface area contributed by atoms with Gasteiger partial charge in [-0.3, -0.25) is 9.48 Å². The monoisotopic (exact) mass is 393 g/mol. The normalized spacial score (nSPS) is 17.3. The lowest BCUT2D eigenvalue weighted by Gasteiger charge is -2.37. The summed E-state index contributed by atoms with van der Waals surface area (Å²) in [4.78, 5) is 13.1. The van der Waals surface area contributed by atoms with Crippen LogP contribution in [0.2, 0.25) is 0 Å². The molecule has 1 atom stereocenters. The van der Waals surface area contributed by atoms with Gasteiger partial charge in [0.15, 0.2) is 0 Å². The Morgan fingerprint density at radius 2 is 2.03 bits per heavy atom. The summed E-state index contributed by atoms with van der Waals surface area (Å²) in [5.41, 5.74) is 2.65. The van der Waals surface area contributed by atoms with Crippen molar-refractivity contribution < 1.29 is 13.9 Å². The van der Waals surface area contributed by atoms with E-state index in [0.29, 0.717) is 29.7 Å². The number of carbonyl (C=O) groups is 1. The second kappa shape index (κ2) is 7.35. The SMILES string of the molecule is Cn1ncc(C(=O)N[C@H]2CC(C)(C)Oc3ccc(F)cc32)c1Cc1ccccc1. The van der Waals surface area contributed by atoms with E-state index in [-0.39, 0.29) is 17.8 Å². The first kappa shape index (κ1) is 19.2. The molecule has 29 heavy (non-hydrogen) atoms. The number of fused-ring (bicyclic) bond motifs is 1. The van der Waals surface area contributed by atoms with Gasteiger partial charge in [0, 0.05) is 25.5 Å². The Kier molecular flexibility index (Phi) is 4.86. The molecule has 5 nitrogen and oxygen atoms in total. The number of ether oxygens (including phenoxy) is 1. The quantitative estimate of drug-likeness (QED) is 0.723. The van der Waals surface area contributed by atoms with Gasteiger partial charge in [-0.2, -0.15) is 5.10 Å². The molecule has 0 saturated heterocycles. The van der Waals surface area contributed by atoms with Crippen molar-refractivity contribution in [2.75, 3.05) is 0 Å². The standard InChI is InChI=1S/C23H24FN3O2/c1-23(2)13-19(17-12-16(24)9-10-21(17)29-23)26-22(28)18-14-25-27(3)20(18)11-15-7-5-4-6-8-15/h4-10,12,14,19H,11,13H2,1-3H3,(H,26,28)/t19-/m0/s1. The summed E-state index contributed by atoms with van der Waals surface area (Å²) in [7, 11) is 1.83. The Balaban J connectivity index is 1.61. The predicted octanol–water partition coefficient (Wildman–Crippen LogP) is 4.18. The average Bonchev–Trinajstić information content (AvgIpc) is 3.03. The van der Waals surface area contributed by atoms with Gasteiger partial charge < -0.3 is 10.1 Å². The molecule has 2 aromatic carbocycles. The summed E-state index contributed by atoms with van der Waals surface area (Å²) in [6.07, 6.45) is 2.73. The van der Waals surface area contributed by atoms with Gasteiger partial charge in [0.05, 0.1) is 23.5 Å². The fourth-order valence-electron chi connectivity index (χ4n) is 3.84. The first-order valence-electron chi connectivity index (χ1n) is 9.66. The molecule has 0 aliphatic carbocycles. The van der Waals surface area contributed by atoms with E-state index in [4.69, 9.17) is 4.74 Å². The van der Waals surface area contributed by atoms with Crippen LogP contribution in [0.25, 0.3) is 0 Å². The number of halogens is 1. The third-order valence-corrected chi connectivity index (χ3v) is 5.26. The van der Waals surface area contributed by atoms with Gasteiger partial charge >= 0.3 is 0 Å². The van der Waals surface area contributed by atoms with Crippen molar-refractivity contribution >= 4 is 5.91 Å². The number of nitrogens with zero attached hydrogens (tertiary/aromatic N) is 2. The molecule has 2 heterocycles. The minimum atomic E-state index is -0.468. The molecule has 1 aromatic heterocycles. The number of benzene rings is 2. The first-order chi connectivity index (χ1) is 13.8. The van der Waals surface area contributed by atoms with Crippen LogP contribution in [0.5, 0.6) is 5.75 Å². The molecule has 1 amide bonds. The Hall–Kier alpha value is -3.15. The van der Waals surface area contributed by atoms with E-state index in [9.17, 15) is 9.18 Å². The number of amides is 1. The zero-order chi connectivity index (χ0) is 20.6. The zero-order valence-corrected chi connectivity index (χ0v) is 16.8. The third kappa shape index (κ3) is 4.01. The Morgan fingerprint density at radius 1 is 1.28 bits per heavy atom. The molecule has 1 aliphatic rings. The van der Waals surface area contributed by atoms with Crippen LogP contribution in [0.4, 0.5) is 4.39 Å². The molecule has 4 rings (SSSR count). The molecule has 150 valence electrons. The summed E-state index contributed by atoms with van der Waals surface area (Å²) >= 11 is 0. The van der Waals surface area contributed by atoms with Crippen LogP contribution in [0.1, 0.15) is 53.5 Å². The summed E-state index contributed by atoms with van der Waals surface area (Å²) in [6.45, 7) is 3.92. The Bertz CT molecular complexity index is 1040. The Morgan fingerprint density at radius 3 is 2.79 bits per heavy atom. The average molecular weight is 393 g/mol. The van der Waals surface area contributed by atoms with E-state index >= 15 is 0 Å². The number of hydrogen-bond donors (Lipinski definition) is 1. The van der Waals surface area contributed by atoms with Gasteiger partial charge in [0.1, 0.15) is 17.2 Å². The molecule has 1 N–H and O–H groups in total. The van der Waals surface area contributed by atoms with Crippen LogP contribution >= 0.6 is 0 Å². The maximum atomic E-state index is 13.8. The number of carbonyl (C=O) groups excluding carboxylic acids is 1. The molecule has 3 aromatic rings. The second-order valence-corrected chi connectivity index (χ2v) is 8.06. The highest BCUT2D eigenvalue weighted by atomic mass is 19.1. The van der Waals surface area contributed by atoms with E-state index in [1.807, 2.05) is 51.2 Å². The van der Waals surface area contributed by atoms with Crippen LogP contribution in [0, 0.1) is 5.82 Å². The van der Waals surface area contributed by atoms with E-state index in [1.54, 1.807) is 16.9 Å². The number of aryl methyl sites for hydroxylation is 1. The maximum Gasteiger partial charge on any atom is 0.255 e. The predicted molar refractivity (Wildman–Crippen MR) is 108 cm³/mol. The summed E-state index contributed by atoms with van der Waals surface area (Å²) in [6, 6.07) is 14.0. The lowest BCUT2D eigenvalue weighted by Crippen LogP contribution is -2.41. The molecule has 0 radical (unpaired) electrons. The fraction of sp³-hybridized carbons (Fsp3) is 0.304. The molecule has 0 bridgehead atoms. The molecular weight excluding hydrogens is 369 g/mol. The fourth-order valence-corrected chi connectivity index (χ4v) is 3.84. The third-order valence-electron chi connectivity index (χ3n) is 5.26. The van der Waals surface area contributed by atoms with E-state index in [2.05, 4.69) is 10.4 Å². The van der Waals surface area contributed by atoms with Gasteiger partial charge in [-0.1, -0.05) is 30.3 Å². The van der Waals surface area contributed by atoms with Crippen molar-refractivity contribution in [2.45, 2.75) is 38.3 Å². The lowest BCUT2D eigenvalue weighted by atomic mass is 9.89. The molecule has 6 heteroatoms. The van der Waals surface area contributed by atoms with Crippen LogP contribution in [0.3, 0.4) is 0 Å². The highest BCUT2D eigenvalue weighted by molar-refractivity contribution is 5.95. The molecule has 0 spiro atoms. The summed E-state index contributed by atoms with van der Waals surface area (Å²) in [5.74, 6) is 0.0306. The number of aromatic nitrogens is 2. The molecule has 0 unspecified atom stereocenters. The highest BCUT2D eigenvalue weighted by Gasteiger charge is 2.35. The topological polar surface area (TPSA) is 56.2 Å². The molecular formula is C23H24FN3O2. The number of rotatable bonds is 4. The van der Waals surface area contributed by atoms with Crippen molar-refractivity contribution in [3.05, 3.63) is 82.9 Å². The van der Waals surface area contributed by atoms with Crippen LogP contribution in [0.15, 0.2) is 54.7 Å². The largest absolute Gasteiger partial charge is 0.487 e. The molecule has 1 aliphatic heterocycles. The van der Waals surface area contributed by atoms with Crippen LogP contribution < -0.4 is 10.1 Å². The van der Waals surface area contributed by atoms with Gasteiger partial charge in [-0.15, -0.1) is 0 Å². The zero-order valence-electron chi connectivity index (χ0n) is 16.8. The second-order valence-electron chi connectivity index (χ2n) is 8.06. The minimum absolute atomic E-state index is 0.220. The number of hydrogen-bond acceptors (Lipinski definition) is 3. The van der Waals surface area contributed by atoms with Crippen molar-refractivity contribution in [2.24, 2.45) is 7.05 Å². The Labute approximate surface area is 169 Å². The van der Waals surface area contributed by atoms with E-state index < -0.39 is 5.60 Å². The summed E-state index contributed by atoms with van der Waals surface area (Å²) < 4.78 is 21.5. The highest BCUT2D eigenvalue weighted by Crippen LogP contribution is 2.39. The minimum Gasteiger partial charge on any atom is -0.487 e. The lowest BCUT2D eigenvalue weighted by molar-refractivity contribution is 0.0617. The van der Waals surface area contributed by atoms with Crippen molar-refractivity contribution in [3.8, 4) is 5.75 Å². The number of nitrogens with one attached hydrogen (secondary N) is 1. The van der Waals surface area contributed by atoms with Crippen LogP contribution in [-0.4, -0.2) is 21.3 Å². The van der Waals surface area contributed by atoms with Crippen LogP contribution in [-0.2, 0) is 13.5 Å². The van der Waals surface area contributed by atoms with Gasteiger partial charge in [0.25, 0.3) is 5.91 Å². The van der Waals surface area contributed by atoms with Gasteiger partial charge in [0.2, 0.25) is 0 Å². The van der Waals surface area contributed by atoms with E-state index in [1.165, 1.54) is 12.1 Å². The molecule has 0 fully saturated rings. The van der Waals surface area contributed by atoms with Gasteiger partial charge in [-0.05, 0) is 37.6 Å². The van der Waals surface area contributed by atoms with Crippen molar-refractivity contribution in [1.29, 1.82) is 0 Å². The smallest absolute Gasteiger partial charge is 0.255 e.